The summed E-state index contributed by atoms with van der Waals surface area (Å²) in [6.45, 7) is 1.10. The molecule has 24 heavy (non-hydrogen) atoms. The molecule has 0 saturated carbocycles. The number of nitrogens with one attached hydrogen (secondary N) is 1. The third-order valence-corrected chi connectivity index (χ3v) is 4.17. The van der Waals surface area contributed by atoms with Gasteiger partial charge in [0.25, 0.3) is 0 Å². The number of anilines is 1. The molecule has 2 aliphatic heterocycles. The van der Waals surface area contributed by atoms with E-state index < -0.39 is 18.1 Å². The summed E-state index contributed by atoms with van der Waals surface area (Å²) in [4.78, 5) is 13.5. The number of benzene rings is 1. The van der Waals surface area contributed by atoms with Crippen molar-refractivity contribution < 1.29 is 27.4 Å². The second-order valence-electron chi connectivity index (χ2n) is 5.97. The zero-order chi connectivity index (χ0) is 17.2. The Labute approximate surface area is 137 Å². The number of likely N-dealkylation sites (tertiary alicyclic amines) is 1. The Balaban J connectivity index is 1.65. The number of nitrogens with zero attached hydrogens (tertiary/aromatic N) is 1. The van der Waals surface area contributed by atoms with Crippen molar-refractivity contribution in [3.05, 3.63) is 18.2 Å². The molecule has 0 spiro atoms. The van der Waals surface area contributed by atoms with Crippen LogP contribution in [0.5, 0.6) is 11.5 Å². The molecule has 5 nitrogen and oxygen atoms in total. The van der Waals surface area contributed by atoms with E-state index in [0.29, 0.717) is 43.4 Å². The number of rotatable bonds is 1. The minimum Gasteiger partial charge on any atom is -0.490 e. The number of hydrogen-bond donors (Lipinski definition) is 1. The molecule has 2 aliphatic rings. The van der Waals surface area contributed by atoms with Crippen LogP contribution in [-0.4, -0.2) is 43.4 Å². The van der Waals surface area contributed by atoms with Crippen molar-refractivity contribution in [2.45, 2.75) is 25.4 Å². The van der Waals surface area contributed by atoms with Gasteiger partial charge >= 0.3 is 12.2 Å². The topological polar surface area (TPSA) is 50.8 Å². The van der Waals surface area contributed by atoms with Gasteiger partial charge in [0.1, 0.15) is 0 Å². The van der Waals surface area contributed by atoms with Crippen molar-refractivity contribution in [3.8, 4) is 11.5 Å². The monoisotopic (exact) mass is 344 g/mol. The van der Waals surface area contributed by atoms with Gasteiger partial charge in [-0.15, -0.1) is 0 Å². The second-order valence-corrected chi connectivity index (χ2v) is 5.97. The van der Waals surface area contributed by atoms with Crippen molar-refractivity contribution in [2.75, 3.05) is 31.6 Å². The number of ether oxygens (including phenoxy) is 2. The zero-order valence-electron chi connectivity index (χ0n) is 13.1. The highest BCUT2D eigenvalue weighted by Crippen LogP contribution is 2.34. The molecule has 132 valence electrons. The number of urea groups is 1. The first-order valence-corrected chi connectivity index (χ1v) is 7.96. The van der Waals surface area contributed by atoms with Gasteiger partial charge in [0.05, 0.1) is 19.1 Å². The van der Waals surface area contributed by atoms with Crippen LogP contribution in [0, 0.1) is 5.92 Å². The highest BCUT2D eigenvalue weighted by atomic mass is 19.4. The lowest BCUT2D eigenvalue weighted by molar-refractivity contribution is -0.183. The molecule has 1 N–H and O–H groups in total. The summed E-state index contributed by atoms with van der Waals surface area (Å²) in [5.41, 5.74) is 0.471. The molecule has 3 rings (SSSR count). The first-order chi connectivity index (χ1) is 11.4. The molecule has 1 saturated heterocycles. The third kappa shape index (κ3) is 3.85. The smallest absolute Gasteiger partial charge is 0.393 e. The first-order valence-electron chi connectivity index (χ1n) is 7.96. The predicted molar refractivity (Wildman–Crippen MR) is 81.4 cm³/mol. The fourth-order valence-electron chi connectivity index (χ4n) is 2.87. The highest BCUT2D eigenvalue weighted by molar-refractivity contribution is 5.89. The van der Waals surface area contributed by atoms with Gasteiger partial charge in [-0.1, -0.05) is 0 Å². The van der Waals surface area contributed by atoms with Crippen LogP contribution in [-0.2, 0) is 0 Å². The lowest BCUT2D eigenvalue weighted by Crippen LogP contribution is -2.46. The summed E-state index contributed by atoms with van der Waals surface area (Å²) in [5.74, 6) is -0.335. The molecule has 1 aromatic rings. The van der Waals surface area contributed by atoms with Gasteiger partial charge in [-0.2, -0.15) is 13.2 Å². The van der Waals surface area contributed by atoms with Crippen LogP contribution >= 0.6 is 0 Å². The number of piperidine rings is 1. The van der Waals surface area contributed by atoms with E-state index in [4.69, 9.17) is 9.47 Å². The van der Waals surface area contributed by atoms with E-state index in [2.05, 4.69) is 5.32 Å². The molecule has 0 aromatic heterocycles. The number of amides is 2. The van der Waals surface area contributed by atoms with Crippen LogP contribution in [0.3, 0.4) is 0 Å². The van der Waals surface area contributed by atoms with E-state index in [1.165, 1.54) is 4.90 Å². The third-order valence-electron chi connectivity index (χ3n) is 4.17. The predicted octanol–water partition coefficient (Wildman–Crippen LogP) is 3.65. The number of halogens is 3. The van der Waals surface area contributed by atoms with Gasteiger partial charge in [0, 0.05) is 31.3 Å². The van der Waals surface area contributed by atoms with Gasteiger partial charge in [0.15, 0.2) is 11.5 Å². The van der Waals surface area contributed by atoms with Gasteiger partial charge in [-0.25, -0.2) is 4.79 Å². The Kier molecular flexibility index (Phi) is 4.73. The molecule has 8 heteroatoms. The number of hydrogen-bond acceptors (Lipinski definition) is 3. The standard InChI is InChI=1S/C16H19F3N2O3/c17-16(18,19)11-3-1-6-21(10-11)15(22)20-12-4-5-13-14(9-12)24-8-2-7-23-13/h4-5,9,11H,1-3,6-8,10H2,(H,20,22)/t11-/m1/s1. The summed E-state index contributed by atoms with van der Waals surface area (Å²) in [6.07, 6.45) is -3.09. The van der Waals surface area contributed by atoms with Crippen molar-refractivity contribution in [3.63, 3.8) is 0 Å². The fourth-order valence-corrected chi connectivity index (χ4v) is 2.87. The van der Waals surface area contributed by atoms with Crippen molar-refractivity contribution in [2.24, 2.45) is 5.92 Å². The van der Waals surface area contributed by atoms with Crippen LogP contribution < -0.4 is 14.8 Å². The molecule has 0 bridgehead atoms. The van der Waals surface area contributed by atoms with E-state index in [9.17, 15) is 18.0 Å². The van der Waals surface area contributed by atoms with E-state index in [1.54, 1.807) is 18.2 Å². The van der Waals surface area contributed by atoms with E-state index >= 15 is 0 Å². The van der Waals surface area contributed by atoms with E-state index in [0.717, 1.165) is 6.42 Å². The maximum absolute atomic E-state index is 12.8. The van der Waals surface area contributed by atoms with Gasteiger partial charge < -0.3 is 19.7 Å². The zero-order valence-corrected chi connectivity index (χ0v) is 13.1. The van der Waals surface area contributed by atoms with Crippen molar-refractivity contribution in [1.82, 2.24) is 4.90 Å². The Morgan fingerprint density at radius 1 is 1.17 bits per heavy atom. The lowest BCUT2D eigenvalue weighted by atomic mass is 9.98. The molecule has 0 aliphatic carbocycles. The average Bonchev–Trinajstić information content (AvgIpc) is 2.79. The molecular formula is C16H19F3N2O3. The van der Waals surface area contributed by atoms with Crippen LogP contribution in [0.25, 0.3) is 0 Å². The number of alkyl halides is 3. The molecule has 0 unspecified atom stereocenters. The van der Waals surface area contributed by atoms with E-state index in [-0.39, 0.29) is 13.0 Å². The number of carbonyl (C=O) groups excluding carboxylic acids is 1. The molecular weight excluding hydrogens is 325 g/mol. The normalized spacial score (nSPS) is 21.1. The SMILES string of the molecule is O=C(Nc1ccc2c(c1)OCCCO2)N1CCC[C@@H](C(F)(F)F)C1. The Morgan fingerprint density at radius 3 is 2.67 bits per heavy atom. The molecule has 1 atom stereocenters. The quantitative estimate of drug-likeness (QED) is 0.846. The van der Waals surface area contributed by atoms with Gasteiger partial charge in [-0.05, 0) is 25.0 Å². The summed E-state index contributed by atoms with van der Waals surface area (Å²) in [5, 5.41) is 2.64. The first kappa shape index (κ1) is 16.7. The second kappa shape index (κ2) is 6.78. The fraction of sp³-hybridized carbons (Fsp3) is 0.562. The lowest BCUT2D eigenvalue weighted by Gasteiger charge is -2.33. The summed E-state index contributed by atoms with van der Waals surface area (Å²) < 4.78 is 49.6. The highest BCUT2D eigenvalue weighted by Gasteiger charge is 2.42. The Bertz CT molecular complexity index is 607. The summed E-state index contributed by atoms with van der Waals surface area (Å²) in [7, 11) is 0. The van der Waals surface area contributed by atoms with Gasteiger partial charge in [-0.3, -0.25) is 0 Å². The average molecular weight is 344 g/mol. The van der Waals surface area contributed by atoms with Crippen molar-refractivity contribution >= 4 is 11.7 Å². The summed E-state index contributed by atoms with van der Waals surface area (Å²) >= 11 is 0. The maximum Gasteiger partial charge on any atom is 0.393 e. The minimum absolute atomic E-state index is 0.0668. The number of carbonyl (C=O) groups is 1. The van der Waals surface area contributed by atoms with Crippen LogP contribution in [0.2, 0.25) is 0 Å². The maximum atomic E-state index is 12.8. The molecule has 0 radical (unpaired) electrons. The van der Waals surface area contributed by atoms with E-state index in [1.807, 2.05) is 0 Å². The largest absolute Gasteiger partial charge is 0.490 e. The van der Waals surface area contributed by atoms with Crippen LogP contribution in [0.1, 0.15) is 19.3 Å². The van der Waals surface area contributed by atoms with Crippen molar-refractivity contribution in [1.29, 1.82) is 0 Å². The minimum atomic E-state index is -4.27. The molecule has 1 fully saturated rings. The Hall–Kier alpha value is -2.12. The summed E-state index contributed by atoms with van der Waals surface area (Å²) in [6, 6.07) is 4.43. The van der Waals surface area contributed by atoms with Gasteiger partial charge in [0.2, 0.25) is 0 Å². The molecule has 1 aromatic carbocycles. The van der Waals surface area contributed by atoms with Crippen LogP contribution in [0.4, 0.5) is 23.7 Å². The van der Waals surface area contributed by atoms with Crippen LogP contribution in [0.15, 0.2) is 18.2 Å². The molecule has 2 amide bonds. The number of fused-ring (bicyclic) bond motifs is 1. The Morgan fingerprint density at radius 2 is 1.92 bits per heavy atom. The molecule has 2 heterocycles.